The van der Waals surface area contributed by atoms with Crippen molar-refractivity contribution in [1.82, 2.24) is 0 Å². The topological polar surface area (TPSA) is 216 Å². The molecular weight excluding hydrogens is 592 g/mol. The number of hydrogen-bond acceptors (Lipinski definition) is 13. The summed E-state index contributed by atoms with van der Waals surface area (Å²) in [5.41, 5.74) is -3.84. The number of fused-ring (bicyclic) bond motifs is 7. The first-order chi connectivity index (χ1) is 21.0. The third-order valence-corrected chi connectivity index (χ3v) is 13.7. The molecule has 0 bridgehead atoms. The van der Waals surface area contributed by atoms with E-state index in [4.69, 9.17) is 18.9 Å². The fraction of sp³-hybridized carbons (Fsp3) is 0.906. The molecule has 0 unspecified atom stereocenters. The monoisotopic (exact) mass is 640 g/mol. The van der Waals surface area contributed by atoms with E-state index in [-0.39, 0.29) is 29.3 Å². The van der Waals surface area contributed by atoms with Crippen molar-refractivity contribution in [2.24, 2.45) is 40.4 Å². The van der Waals surface area contributed by atoms with Gasteiger partial charge in [0, 0.05) is 17.8 Å². The molecule has 0 aromatic carbocycles. The fourth-order valence-corrected chi connectivity index (χ4v) is 11.2. The standard InChI is InChI=1S/C32H48O13/c1-12-5-8-31(43-10-12)13(2)19-17(45-31)9-15-18-14(6-7-29(15,19)3)30(4)25(39)22(36)23(37)27(32(30,41)26(40)21(18)35)44-28-24(38)20(34)16(33)11-42-28/h13-25,27-28,33-39,41H,1,5-11H2,2-4H3/t13-,14-,15-,16+,17-,18+,19-,20-,21-,22+,23-,24+,25+,27-,28-,29-,30-,31+,32-/m0/s1. The maximum absolute atomic E-state index is 14.3. The predicted octanol–water partition coefficient (Wildman–Crippen LogP) is -1.65. The Kier molecular flexibility index (Phi) is 7.55. The van der Waals surface area contributed by atoms with Crippen LogP contribution >= 0.6 is 0 Å². The first kappa shape index (κ1) is 32.5. The Hall–Kier alpha value is -1.07. The SMILES string of the molecule is C=C1CC[C@@]2(OC1)O[C@H]1C[C@H]3[C@@H]4[C@H](O)C(=O)[C@]5(O)[C@@H](O[C@@H]6OC[C@@H](O)[C@H](O)[C@H]6O)[C@@H](O)[C@@H](O)[C@@H](O)[C@]5(C)[C@H]4CC[C@]3(C)[C@H]1[C@@H]2C. The molecule has 4 saturated carbocycles. The highest BCUT2D eigenvalue weighted by Crippen LogP contribution is 2.71. The Morgan fingerprint density at radius 2 is 1.67 bits per heavy atom. The Bertz CT molecular complexity index is 1220. The van der Waals surface area contributed by atoms with Crippen LogP contribution in [-0.4, -0.2) is 132 Å². The zero-order valence-electron chi connectivity index (χ0n) is 25.9. The Morgan fingerprint density at radius 3 is 2.33 bits per heavy atom. The lowest BCUT2D eigenvalue weighted by molar-refractivity contribution is -0.359. The number of carbonyl (C=O) groups is 1. The normalized spacial score (nSPS) is 61.1. The summed E-state index contributed by atoms with van der Waals surface area (Å²) in [6.45, 7) is 9.84. The number of rotatable bonds is 2. The molecule has 254 valence electrons. The summed E-state index contributed by atoms with van der Waals surface area (Å²) in [5, 5.41) is 88.7. The van der Waals surface area contributed by atoms with Crippen LogP contribution in [0.5, 0.6) is 0 Å². The van der Waals surface area contributed by atoms with Crippen LogP contribution in [0.1, 0.15) is 52.9 Å². The van der Waals surface area contributed by atoms with Crippen molar-refractivity contribution in [3.05, 3.63) is 12.2 Å². The summed E-state index contributed by atoms with van der Waals surface area (Å²) in [4.78, 5) is 14.3. The van der Waals surface area contributed by atoms with Gasteiger partial charge in [-0.1, -0.05) is 32.9 Å². The molecule has 0 aromatic heterocycles. The summed E-state index contributed by atoms with van der Waals surface area (Å²) in [6, 6.07) is 0. The molecule has 0 radical (unpaired) electrons. The van der Waals surface area contributed by atoms with E-state index in [2.05, 4.69) is 20.4 Å². The number of carbonyl (C=O) groups excluding carboxylic acids is 1. The molecule has 3 saturated heterocycles. The molecule has 7 aliphatic rings. The van der Waals surface area contributed by atoms with Gasteiger partial charge in [0.05, 0.1) is 25.4 Å². The van der Waals surface area contributed by atoms with Gasteiger partial charge in [0.2, 0.25) is 0 Å². The van der Waals surface area contributed by atoms with E-state index in [1.165, 1.54) is 6.92 Å². The third-order valence-electron chi connectivity index (χ3n) is 13.7. The number of hydrogen-bond donors (Lipinski definition) is 8. The number of ketones is 1. The van der Waals surface area contributed by atoms with Crippen molar-refractivity contribution in [1.29, 1.82) is 0 Å². The molecule has 3 aliphatic heterocycles. The van der Waals surface area contributed by atoms with Crippen LogP contribution in [0.4, 0.5) is 0 Å². The van der Waals surface area contributed by atoms with Gasteiger partial charge in [0.1, 0.15) is 42.7 Å². The summed E-state index contributed by atoms with van der Waals surface area (Å²) in [5.74, 6) is -3.26. The van der Waals surface area contributed by atoms with Crippen LogP contribution in [-0.2, 0) is 23.7 Å². The highest BCUT2D eigenvalue weighted by Gasteiger charge is 2.79. The van der Waals surface area contributed by atoms with Crippen LogP contribution in [0, 0.1) is 40.4 Å². The van der Waals surface area contributed by atoms with E-state index in [0.29, 0.717) is 32.3 Å². The second-order valence-electron chi connectivity index (χ2n) is 15.5. The van der Waals surface area contributed by atoms with Gasteiger partial charge in [0.15, 0.2) is 23.5 Å². The summed E-state index contributed by atoms with van der Waals surface area (Å²) < 4.78 is 24.1. The molecule has 19 atom stereocenters. The van der Waals surface area contributed by atoms with Crippen molar-refractivity contribution < 1.29 is 64.6 Å². The molecule has 7 rings (SSSR count). The lowest BCUT2D eigenvalue weighted by Gasteiger charge is -2.67. The Balaban J connectivity index is 1.23. The zero-order chi connectivity index (χ0) is 32.6. The van der Waals surface area contributed by atoms with Crippen LogP contribution in [0.15, 0.2) is 12.2 Å². The highest BCUT2D eigenvalue weighted by molar-refractivity contribution is 5.94. The maximum atomic E-state index is 14.3. The molecule has 13 heteroatoms. The number of aliphatic hydroxyl groups excluding tert-OH is 7. The van der Waals surface area contributed by atoms with E-state index in [0.717, 1.165) is 12.0 Å². The van der Waals surface area contributed by atoms with Gasteiger partial charge in [-0.25, -0.2) is 0 Å². The van der Waals surface area contributed by atoms with E-state index >= 15 is 0 Å². The molecule has 8 N–H and O–H groups in total. The first-order valence-corrected chi connectivity index (χ1v) is 16.3. The molecule has 45 heavy (non-hydrogen) atoms. The molecule has 0 aromatic rings. The molecular formula is C32H48O13. The number of aliphatic hydroxyl groups is 8. The van der Waals surface area contributed by atoms with Gasteiger partial charge in [-0.3, -0.25) is 4.79 Å². The Morgan fingerprint density at radius 1 is 0.956 bits per heavy atom. The second kappa shape index (κ2) is 10.5. The number of Topliss-reactive ketones (excluding diaryl/α,β-unsaturated/α-hetero) is 1. The van der Waals surface area contributed by atoms with Crippen molar-refractivity contribution in [3.63, 3.8) is 0 Å². The lowest BCUT2D eigenvalue weighted by atomic mass is 9.40. The highest BCUT2D eigenvalue weighted by atomic mass is 16.7. The molecule has 4 aliphatic carbocycles. The van der Waals surface area contributed by atoms with Gasteiger partial charge in [-0.2, -0.15) is 0 Å². The average Bonchev–Trinajstić information content (AvgIpc) is 3.46. The van der Waals surface area contributed by atoms with Gasteiger partial charge in [-0.15, -0.1) is 0 Å². The van der Waals surface area contributed by atoms with Gasteiger partial charge < -0.3 is 59.8 Å². The fourth-order valence-electron chi connectivity index (χ4n) is 11.2. The van der Waals surface area contributed by atoms with Crippen molar-refractivity contribution in [3.8, 4) is 0 Å². The van der Waals surface area contributed by atoms with Crippen LogP contribution in [0.25, 0.3) is 0 Å². The largest absolute Gasteiger partial charge is 0.390 e. The Labute approximate surface area is 261 Å². The predicted molar refractivity (Wildman–Crippen MR) is 152 cm³/mol. The van der Waals surface area contributed by atoms with Crippen LogP contribution in [0.3, 0.4) is 0 Å². The van der Waals surface area contributed by atoms with Crippen molar-refractivity contribution in [2.45, 2.75) is 125 Å². The summed E-state index contributed by atoms with van der Waals surface area (Å²) in [6.07, 6.45) is -13.0. The van der Waals surface area contributed by atoms with E-state index < -0.39 is 96.2 Å². The minimum atomic E-state index is -2.72. The van der Waals surface area contributed by atoms with E-state index in [9.17, 15) is 45.6 Å². The van der Waals surface area contributed by atoms with Gasteiger partial charge >= 0.3 is 0 Å². The molecule has 1 spiro atoms. The summed E-state index contributed by atoms with van der Waals surface area (Å²) >= 11 is 0. The maximum Gasteiger partial charge on any atom is 0.196 e. The van der Waals surface area contributed by atoms with Crippen molar-refractivity contribution in [2.75, 3.05) is 13.2 Å². The van der Waals surface area contributed by atoms with Crippen LogP contribution in [0.2, 0.25) is 0 Å². The van der Waals surface area contributed by atoms with Gasteiger partial charge in [-0.05, 0) is 54.8 Å². The molecule has 0 amide bonds. The van der Waals surface area contributed by atoms with Gasteiger partial charge in [0.25, 0.3) is 0 Å². The molecule has 13 nitrogen and oxygen atoms in total. The minimum Gasteiger partial charge on any atom is -0.390 e. The quantitative estimate of drug-likeness (QED) is 0.159. The van der Waals surface area contributed by atoms with E-state index in [1.54, 1.807) is 0 Å². The minimum absolute atomic E-state index is 0.0388. The zero-order valence-corrected chi connectivity index (χ0v) is 25.9. The number of ether oxygens (including phenoxy) is 4. The molecule has 7 fully saturated rings. The lowest BCUT2D eigenvalue weighted by Crippen LogP contribution is -2.83. The van der Waals surface area contributed by atoms with Crippen molar-refractivity contribution >= 4 is 5.78 Å². The molecule has 3 heterocycles. The van der Waals surface area contributed by atoms with E-state index in [1.807, 2.05) is 0 Å². The average molecular weight is 641 g/mol. The first-order valence-electron chi connectivity index (χ1n) is 16.3. The third kappa shape index (κ3) is 4.01. The smallest absolute Gasteiger partial charge is 0.196 e. The second-order valence-corrected chi connectivity index (χ2v) is 15.5. The summed E-state index contributed by atoms with van der Waals surface area (Å²) in [7, 11) is 0. The van der Waals surface area contributed by atoms with Crippen LogP contribution < -0.4 is 0 Å².